The number of carbonyl (C=O) groups excluding carboxylic acids is 2. The van der Waals surface area contributed by atoms with Gasteiger partial charge >= 0.3 is 6.03 Å². The first-order valence-electron chi connectivity index (χ1n) is 6.74. The number of hydrogen-bond acceptors (Lipinski definition) is 4. The van der Waals surface area contributed by atoms with Crippen molar-refractivity contribution >= 4 is 35.7 Å². The Morgan fingerprint density at radius 3 is 2.90 bits per heavy atom. The Kier molecular flexibility index (Phi) is 7.49. The number of thiophene rings is 1. The number of amides is 3. The fourth-order valence-electron chi connectivity index (χ4n) is 2.31. The Morgan fingerprint density at radius 2 is 2.33 bits per heavy atom. The van der Waals surface area contributed by atoms with Crippen LogP contribution in [-0.2, 0) is 4.79 Å². The normalized spacial score (nSPS) is 18.6. The van der Waals surface area contributed by atoms with Crippen LogP contribution in [0.25, 0.3) is 0 Å². The zero-order valence-corrected chi connectivity index (χ0v) is 13.3. The molecule has 1 saturated heterocycles. The molecule has 6 nitrogen and oxygen atoms in total. The van der Waals surface area contributed by atoms with Crippen LogP contribution in [-0.4, -0.2) is 31.1 Å². The molecular formula is C13H21ClN4O2S. The first kappa shape index (κ1) is 17.7. The van der Waals surface area contributed by atoms with E-state index in [1.165, 1.54) is 11.3 Å². The maximum absolute atomic E-state index is 12.0. The predicted octanol–water partition coefficient (Wildman–Crippen LogP) is 1.14. The lowest BCUT2D eigenvalue weighted by molar-refractivity contribution is -0.121. The minimum Gasteiger partial charge on any atom is -0.354 e. The largest absolute Gasteiger partial charge is 0.354 e. The molecule has 21 heavy (non-hydrogen) atoms. The number of nitrogens with two attached hydrogens (primary N) is 1. The fourth-order valence-corrected chi connectivity index (χ4v) is 3.09. The maximum Gasteiger partial charge on any atom is 0.312 e. The summed E-state index contributed by atoms with van der Waals surface area (Å²) < 4.78 is 0. The molecule has 2 atom stereocenters. The topological polar surface area (TPSA) is 96.2 Å². The molecule has 5 N–H and O–H groups in total. The lowest BCUT2D eigenvalue weighted by Crippen LogP contribution is -2.40. The Balaban J connectivity index is 0.00000220. The second-order valence-corrected chi connectivity index (χ2v) is 5.86. The summed E-state index contributed by atoms with van der Waals surface area (Å²) in [4.78, 5) is 23.9. The first-order valence-corrected chi connectivity index (χ1v) is 7.62. The van der Waals surface area contributed by atoms with Gasteiger partial charge in [-0.3, -0.25) is 4.79 Å². The molecule has 0 saturated carbocycles. The van der Waals surface area contributed by atoms with Gasteiger partial charge < -0.3 is 21.7 Å². The summed E-state index contributed by atoms with van der Waals surface area (Å²) >= 11 is 1.50. The Bertz CT molecular complexity index is 449. The standard InChI is InChI=1S/C13H20N4O2S.ClH/c14-13(19)17-10(11-4-2-6-20-11)7-12(18)16-8-9-3-1-5-15-9;/h2,4,6,9-10,15H,1,3,5,7-8H2,(H,16,18)(H3,14,17,19);1H. The number of nitrogens with one attached hydrogen (secondary N) is 3. The highest BCUT2D eigenvalue weighted by atomic mass is 35.5. The highest BCUT2D eigenvalue weighted by Gasteiger charge is 2.20. The van der Waals surface area contributed by atoms with Crippen LogP contribution in [0.2, 0.25) is 0 Å². The van der Waals surface area contributed by atoms with Crippen molar-refractivity contribution in [2.75, 3.05) is 13.1 Å². The summed E-state index contributed by atoms with van der Waals surface area (Å²) in [6.45, 7) is 1.65. The molecule has 0 radical (unpaired) electrons. The van der Waals surface area contributed by atoms with Crippen molar-refractivity contribution in [3.8, 4) is 0 Å². The zero-order chi connectivity index (χ0) is 14.4. The van der Waals surface area contributed by atoms with Gasteiger partial charge in [0.25, 0.3) is 0 Å². The molecule has 8 heteroatoms. The first-order chi connectivity index (χ1) is 9.65. The van der Waals surface area contributed by atoms with Gasteiger partial charge in [-0.05, 0) is 30.8 Å². The maximum atomic E-state index is 12.0. The summed E-state index contributed by atoms with van der Waals surface area (Å²) in [5.74, 6) is -0.0779. The van der Waals surface area contributed by atoms with Crippen LogP contribution in [0.4, 0.5) is 4.79 Å². The van der Waals surface area contributed by atoms with Crippen molar-refractivity contribution in [3.63, 3.8) is 0 Å². The monoisotopic (exact) mass is 332 g/mol. The Hall–Kier alpha value is -1.31. The molecule has 1 aromatic heterocycles. The number of carbonyl (C=O) groups is 2. The molecule has 2 rings (SSSR count). The van der Waals surface area contributed by atoms with Gasteiger partial charge in [0.1, 0.15) is 0 Å². The lowest BCUT2D eigenvalue weighted by Gasteiger charge is -2.17. The molecule has 0 spiro atoms. The predicted molar refractivity (Wildman–Crippen MR) is 85.7 cm³/mol. The average molecular weight is 333 g/mol. The molecular weight excluding hydrogens is 312 g/mol. The highest BCUT2D eigenvalue weighted by Crippen LogP contribution is 2.21. The van der Waals surface area contributed by atoms with E-state index in [-0.39, 0.29) is 30.8 Å². The van der Waals surface area contributed by atoms with Crippen LogP contribution in [0.1, 0.15) is 30.2 Å². The van der Waals surface area contributed by atoms with Gasteiger partial charge in [0.15, 0.2) is 0 Å². The van der Waals surface area contributed by atoms with E-state index >= 15 is 0 Å². The summed E-state index contributed by atoms with van der Waals surface area (Å²) in [6.07, 6.45) is 2.45. The number of primary amides is 1. The van der Waals surface area contributed by atoms with E-state index < -0.39 is 6.03 Å². The van der Waals surface area contributed by atoms with E-state index in [4.69, 9.17) is 5.73 Å². The van der Waals surface area contributed by atoms with Crippen LogP contribution in [0, 0.1) is 0 Å². The summed E-state index contributed by atoms with van der Waals surface area (Å²) in [6, 6.07) is 3.16. The van der Waals surface area contributed by atoms with Crippen molar-refractivity contribution < 1.29 is 9.59 Å². The minimum atomic E-state index is -0.617. The van der Waals surface area contributed by atoms with Crippen LogP contribution < -0.4 is 21.7 Å². The van der Waals surface area contributed by atoms with Crippen LogP contribution in [0.15, 0.2) is 17.5 Å². The molecule has 1 aromatic rings. The van der Waals surface area contributed by atoms with Crippen molar-refractivity contribution in [2.24, 2.45) is 5.73 Å². The van der Waals surface area contributed by atoms with Crippen molar-refractivity contribution in [3.05, 3.63) is 22.4 Å². The molecule has 1 fully saturated rings. The second kappa shape index (κ2) is 8.86. The van der Waals surface area contributed by atoms with Crippen molar-refractivity contribution in [2.45, 2.75) is 31.3 Å². The minimum absolute atomic E-state index is 0. The third-order valence-corrected chi connectivity index (χ3v) is 4.29. The Morgan fingerprint density at radius 1 is 1.52 bits per heavy atom. The fraction of sp³-hybridized carbons (Fsp3) is 0.538. The second-order valence-electron chi connectivity index (χ2n) is 4.88. The molecule has 2 unspecified atom stereocenters. The van der Waals surface area contributed by atoms with Gasteiger partial charge in [0.05, 0.1) is 12.5 Å². The quantitative estimate of drug-likeness (QED) is 0.629. The highest BCUT2D eigenvalue weighted by molar-refractivity contribution is 7.10. The number of halogens is 1. The van der Waals surface area contributed by atoms with Crippen LogP contribution >= 0.6 is 23.7 Å². The zero-order valence-electron chi connectivity index (χ0n) is 11.6. The van der Waals surface area contributed by atoms with E-state index in [1.807, 2.05) is 17.5 Å². The SMILES string of the molecule is Cl.NC(=O)NC(CC(=O)NCC1CCCN1)c1cccs1. The van der Waals surface area contributed by atoms with Gasteiger partial charge in [0.2, 0.25) is 5.91 Å². The summed E-state index contributed by atoms with van der Waals surface area (Å²) in [7, 11) is 0. The average Bonchev–Trinajstić information content (AvgIpc) is 3.08. The molecule has 3 amide bonds. The van der Waals surface area contributed by atoms with E-state index in [9.17, 15) is 9.59 Å². The molecule has 1 aliphatic rings. The smallest absolute Gasteiger partial charge is 0.312 e. The number of hydrogen-bond donors (Lipinski definition) is 4. The van der Waals surface area contributed by atoms with Gasteiger partial charge in [0, 0.05) is 17.5 Å². The van der Waals surface area contributed by atoms with Crippen molar-refractivity contribution in [1.29, 1.82) is 0 Å². The van der Waals surface area contributed by atoms with Crippen LogP contribution in [0.3, 0.4) is 0 Å². The van der Waals surface area contributed by atoms with E-state index in [0.717, 1.165) is 24.3 Å². The number of urea groups is 1. The Labute approximate surface area is 134 Å². The summed E-state index contributed by atoms with van der Waals surface area (Å²) in [5, 5.41) is 10.7. The van der Waals surface area contributed by atoms with Gasteiger partial charge in [-0.1, -0.05) is 6.07 Å². The van der Waals surface area contributed by atoms with E-state index in [0.29, 0.717) is 12.6 Å². The molecule has 2 heterocycles. The summed E-state index contributed by atoms with van der Waals surface area (Å²) in [5.41, 5.74) is 5.16. The van der Waals surface area contributed by atoms with Gasteiger partial charge in [-0.25, -0.2) is 4.79 Å². The van der Waals surface area contributed by atoms with Crippen molar-refractivity contribution in [1.82, 2.24) is 16.0 Å². The molecule has 0 aromatic carbocycles. The van der Waals surface area contributed by atoms with E-state index in [2.05, 4.69) is 16.0 Å². The van der Waals surface area contributed by atoms with Crippen LogP contribution in [0.5, 0.6) is 0 Å². The third kappa shape index (κ3) is 5.91. The molecule has 0 bridgehead atoms. The molecule has 1 aliphatic heterocycles. The lowest BCUT2D eigenvalue weighted by atomic mass is 10.1. The van der Waals surface area contributed by atoms with Gasteiger partial charge in [-0.2, -0.15) is 0 Å². The molecule has 0 aliphatic carbocycles. The van der Waals surface area contributed by atoms with Gasteiger partial charge in [-0.15, -0.1) is 23.7 Å². The third-order valence-electron chi connectivity index (χ3n) is 3.30. The molecule has 118 valence electrons. The number of rotatable bonds is 6. The van der Waals surface area contributed by atoms with E-state index in [1.54, 1.807) is 0 Å².